The molecule has 0 spiro atoms. The smallest absolute Gasteiger partial charge is 0.565 e. The van der Waals surface area contributed by atoms with E-state index in [1.165, 1.54) is 0 Å². The zero-order chi connectivity index (χ0) is 8.08. The van der Waals surface area contributed by atoms with E-state index in [1.807, 2.05) is 0 Å². The summed E-state index contributed by atoms with van der Waals surface area (Å²) >= 11 is 0. The van der Waals surface area contributed by atoms with Crippen molar-refractivity contribution in [2.24, 2.45) is 0 Å². The van der Waals surface area contributed by atoms with E-state index in [4.69, 9.17) is 34.3 Å². The van der Waals surface area contributed by atoms with Gasteiger partial charge in [0.15, 0.2) is 0 Å². The third kappa shape index (κ3) is 3160. The minimum Gasteiger partial charge on any atom is -0.565 e. The number of carbonyl (C=O) groups is 1. The Kier molecular flexibility index (Phi) is 12.6. The van der Waals surface area contributed by atoms with E-state index in [-0.39, 0.29) is 29.6 Å². The van der Waals surface area contributed by atoms with E-state index in [0.717, 1.165) is 0 Å². The van der Waals surface area contributed by atoms with Gasteiger partial charge in [-0.1, -0.05) is 0 Å². The van der Waals surface area contributed by atoms with E-state index >= 15 is 0 Å². The van der Waals surface area contributed by atoms with Crippen molar-refractivity contribution >= 4 is 14.0 Å². The van der Waals surface area contributed by atoms with Crippen LogP contribution in [0.5, 0.6) is 0 Å². The van der Waals surface area contributed by atoms with Crippen molar-refractivity contribution in [1.82, 2.24) is 0 Å². The maximum atomic E-state index is 8.88. The van der Waals surface area contributed by atoms with Crippen molar-refractivity contribution in [2.45, 2.75) is 0 Å². The molecule has 0 unspecified atom stereocenters. The van der Waals surface area contributed by atoms with Crippen LogP contribution in [0.15, 0.2) is 0 Å². The summed E-state index contributed by atoms with van der Waals surface area (Å²) in [7, 11) is -4.64. The largest absolute Gasteiger partial charge is 1.00 e. The molecule has 10 heavy (non-hydrogen) atoms. The van der Waals surface area contributed by atoms with Gasteiger partial charge in [-0.25, -0.2) is 4.57 Å². The van der Waals surface area contributed by atoms with Gasteiger partial charge in [0.25, 0.3) is 0 Å². The van der Waals surface area contributed by atoms with E-state index in [0.29, 0.717) is 0 Å². The van der Waals surface area contributed by atoms with Crippen molar-refractivity contribution in [3.05, 3.63) is 0 Å². The maximum Gasteiger partial charge on any atom is 1.00 e. The average molecular weight is 182 g/mol. The Balaban J connectivity index is -0.0000000910. The average Bonchev–Trinajstić information content (AvgIpc) is 1.19. The van der Waals surface area contributed by atoms with E-state index in [1.54, 1.807) is 0 Å². The number of hydrogen-bond donors (Lipinski definition) is 4. The van der Waals surface area contributed by atoms with Crippen LogP contribution in [0, 0.1) is 0 Å². The molecule has 0 radical (unpaired) electrons. The molecule has 0 aliphatic heterocycles. The van der Waals surface area contributed by atoms with Gasteiger partial charge in [-0.05, 0) is 0 Å². The van der Waals surface area contributed by atoms with Gasteiger partial charge in [-0.15, -0.1) is 0 Å². The van der Waals surface area contributed by atoms with Crippen LogP contribution in [0.25, 0.3) is 0 Å². The molecule has 56 valence electrons. The van der Waals surface area contributed by atoms with Crippen molar-refractivity contribution in [3.63, 3.8) is 0 Å². The van der Waals surface area contributed by atoms with Gasteiger partial charge in [0.2, 0.25) is 6.16 Å². The maximum absolute atomic E-state index is 8.88. The first-order valence-corrected chi connectivity index (χ1v) is 2.98. The van der Waals surface area contributed by atoms with Gasteiger partial charge in [-0.2, -0.15) is 0 Å². The summed E-state index contributed by atoms with van der Waals surface area (Å²) < 4.78 is 8.88. The van der Waals surface area contributed by atoms with Crippen molar-refractivity contribution < 1.29 is 63.8 Å². The molecule has 7 nitrogen and oxygen atoms in total. The van der Waals surface area contributed by atoms with Crippen LogP contribution in [0.1, 0.15) is 0 Å². The van der Waals surface area contributed by atoms with Crippen LogP contribution in [-0.4, -0.2) is 25.9 Å². The quantitative estimate of drug-likeness (QED) is 0.217. The first-order valence-electron chi connectivity index (χ1n) is 1.41. The Morgan fingerprint density at radius 1 is 1.30 bits per heavy atom. The first-order chi connectivity index (χ1) is 3.73. The second-order valence-corrected chi connectivity index (χ2v) is 1.81. The Labute approximate surface area is 77.8 Å². The standard InChI is InChI=1S/CH2O3.Na.H3O4P/c2-1(3)4;;1-5(2,3)4/h(H2,2,3,4);;(H3,1,2,3,4)/q;+1;/p-1. The van der Waals surface area contributed by atoms with Gasteiger partial charge < -0.3 is 29.7 Å². The van der Waals surface area contributed by atoms with Gasteiger partial charge in [-0.3, -0.25) is 0 Å². The zero-order valence-corrected chi connectivity index (χ0v) is 7.86. The van der Waals surface area contributed by atoms with Crippen LogP contribution in [0.2, 0.25) is 0 Å². The molecule has 0 aromatic heterocycles. The molecule has 0 heterocycles. The Morgan fingerprint density at radius 3 is 1.30 bits per heavy atom. The van der Waals surface area contributed by atoms with Crippen LogP contribution in [-0.2, 0) is 4.57 Å². The second-order valence-electron chi connectivity index (χ2n) is 0.779. The van der Waals surface area contributed by atoms with Gasteiger partial charge in [0, 0.05) is 0 Å². The van der Waals surface area contributed by atoms with Crippen LogP contribution < -0.4 is 34.7 Å². The molecule has 0 saturated carbocycles. The Morgan fingerprint density at radius 2 is 1.30 bits per heavy atom. The predicted octanol–water partition coefficient (Wildman–Crippen LogP) is -5.04. The summed E-state index contributed by atoms with van der Waals surface area (Å²) in [6.07, 6.45) is -2.08. The number of rotatable bonds is 0. The Bertz CT molecular complexity index is 113. The molecule has 0 bridgehead atoms. The van der Waals surface area contributed by atoms with E-state index in [9.17, 15) is 0 Å². The molecular formula is CH4NaO7P. The van der Waals surface area contributed by atoms with Crippen LogP contribution >= 0.6 is 7.82 Å². The number of carboxylic acid groups (broad SMARTS) is 2. The molecule has 0 fully saturated rings. The molecule has 0 aromatic rings. The van der Waals surface area contributed by atoms with Crippen LogP contribution in [0.3, 0.4) is 0 Å². The second kappa shape index (κ2) is 7.49. The fourth-order valence-corrected chi connectivity index (χ4v) is 0. The molecule has 0 aromatic carbocycles. The molecule has 0 rings (SSSR count). The fraction of sp³-hybridized carbons (Fsp3) is 0. The van der Waals surface area contributed by atoms with Gasteiger partial charge in [0.1, 0.15) is 0 Å². The minimum absolute atomic E-state index is 0. The van der Waals surface area contributed by atoms with E-state index < -0.39 is 14.0 Å². The van der Waals surface area contributed by atoms with Crippen molar-refractivity contribution in [2.75, 3.05) is 0 Å². The summed E-state index contributed by atoms with van der Waals surface area (Å²) in [5, 5.41) is 15.3. The third-order valence-electron chi connectivity index (χ3n) is 0. The van der Waals surface area contributed by atoms with Crippen LogP contribution in [0.4, 0.5) is 4.79 Å². The summed E-state index contributed by atoms with van der Waals surface area (Å²) in [6.45, 7) is 0. The summed E-state index contributed by atoms with van der Waals surface area (Å²) in [6, 6.07) is 0. The minimum atomic E-state index is -4.64. The van der Waals surface area contributed by atoms with Crippen molar-refractivity contribution in [3.8, 4) is 0 Å². The molecule has 0 amide bonds. The molecule has 0 aliphatic rings. The fourth-order valence-electron chi connectivity index (χ4n) is 0. The van der Waals surface area contributed by atoms with E-state index in [2.05, 4.69) is 0 Å². The molecule has 4 N–H and O–H groups in total. The SMILES string of the molecule is O=C([O-])O.O=P(O)(O)O.[Na+]. The first kappa shape index (κ1) is 16.8. The normalized spacial score (nSPS) is 8.30. The number of hydrogen-bond acceptors (Lipinski definition) is 3. The molecule has 0 atom stereocenters. The molecule has 0 aliphatic carbocycles. The van der Waals surface area contributed by atoms with Gasteiger partial charge in [0.05, 0.1) is 0 Å². The van der Waals surface area contributed by atoms with Gasteiger partial charge >= 0.3 is 37.4 Å². The van der Waals surface area contributed by atoms with Crippen molar-refractivity contribution in [1.29, 1.82) is 0 Å². The molecule has 0 saturated heterocycles. The third-order valence-corrected chi connectivity index (χ3v) is 0. The monoisotopic (exact) mass is 182 g/mol. The zero-order valence-electron chi connectivity index (χ0n) is 4.96. The molecular weight excluding hydrogens is 178 g/mol. The number of phosphoric acid groups is 1. The Hall–Kier alpha value is 0.380. The summed E-state index contributed by atoms with van der Waals surface area (Å²) in [4.78, 5) is 30.0. The molecule has 9 heteroatoms. The predicted molar refractivity (Wildman–Crippen MR) is 22.3 cm³/mol. The summed E-state index contributed by atoms with van der Waals surface area (Å²) in [5.74, 6) is 0. The summed E-state index contributed by atoms with van der Waals surface area (Å²) in [5.41, 5.74) is 0. The topological polar surface area (TPSA) is 138 Å².